The molecule has 8 aromatic carbocycles. The lowest BCUT2D eigenvalue weighted by Gasteiger charge is -2.23. The molecule has 0 bridgehead atoms. The highest BCUT2D eigenvalue weighted by Crippen LogP contribution is 2.51. The molecular weight excluding hydrogens is 1050 g/mol. The van der Waals surface area contributed by atoms with Crippen molar-refractivity contribution in [2.45, 2.75) is 32.1 Å². The third-order valence-corrected chi connectivity index (χ3v) is 16.1. The van der Waals surface area contributed by atoms with E-state index in [1.54, 1.807) is 97.1 Å². The van der Waals surface area contributed by atoms with Gasteiger partial charge in [-0.2, -0.15) is 5.21 Å². The van der Waals surface area contributed by atoms with Gasteiger partial charge < -0.3 is 28.5 Å². The predicted octanol–water partition coefficient (Wildman–Crippen LogP) is 13.2. The van der Waals surface area contributed by atoms with Gasteiger partial charge in [0.25, 0.3) is 5.95 Å². The van der Waals surface area contributed by atoms with E-state index in [-0.39, 0.29) is 55.9 Å². The molecule has 2 unspecified atom stereocenters. The predicted molar refractivity (Wildman–Crippen MR) is 309 cm³/mol. The third-order valence-electron chi connectivity index (χ3n) is 12.5. The molecule has 0 aliphatic rings. The Bertz CT molecular complexity index is 3320. The van der Waals surface area contributed by atoms with Crippen LogP contribution in [0.15, 0.2) is 231 Å². The number of aromatic nitrogens is 4. The monoisotopic (exact) mass is 1110 g/mol. The summed E-state index contributed by atoms with van der Waals surface area (Å²) in [5.74, 6) is -1.06. The van der Waals surface area contributed by atoms with Crippen molar-refractivity contribution in [3.8, 4) is 45.3 Å². The zero-order valence-electron chi connectivity index (χ0n) is 43.6. The average Bonchev–Trinajstić information content (AvgIpc) is 4.00. The van der Waals surface area contributed by atoms with E-state index >= 15 is 0 Å². The largest absolute Gasteiger partial charge is 0.481 e. The first-order valence-corrected chi connectivity index (χ1v) is 29.4. The minimum atomic E-state index is -3.73. The van der Waals surface area contributed by atoms with E-state index in [0.717, 1.165) is 33.4 Å². The van der Waals surface area contributed by atoms with Gasteiger partial charge in [-0.05, 0) is 113 Å². The number of para-hydroxylation sites is 4. The zero-order valence-corrected chi connectivity index (χ0v) is 45.4. The number of anilines is 1. The smallest absolute Gasteiger partial charge is 0.430 e. The van der Waals surface area contributed by atoms with Crippen LogP contribution in [0.5, 0.6) is 23.0 Å². The molecule has 9 aromatic rings. The number of nitrogens with zero attached hydrogens (tertiary/aromatic N) is 3. The van der Waals surface area contributed by atoms with E-state index in [9.17, 15) is 23.5 Å². The van der Waals surface area contributed by atoms with Gasteiger partial charge in [0.1, 0.15) is 23.0 Å². The Morgan fingerprint density at radius 2 is 0.800 bits per heavy atom. The fraction of sp³-hybridized carbons (Fsp3) is 0.161. The van der Waals surface area contributed by atoms with Crippen LogP contribution < -0.4 is 28.7 Å². The minimum Gasteiger partial charge on any atom is -0.481 e. The maximum Gasteiger partial charge on any atom is 0.430 e. The number of aromatic amines is 1. The molecule has 2 amide bonds. The standard InChI is InChI=1S/C32H32NO6P.C30H28N5O4P/c34-31(35)20-22-33-32(36)28(24-25-16-18-27(19-17-25)26-10-4-1-5-11-26)21-23-40(37,38-29-12-6-2-7-13-29)39-30-14-8-3-9-15-30;36-29(31-30-32-34-35-33-30)26(22-23-16-18-25(19-17-23)24-10-4-1-5-11-24)20-21-40(37,38-27-12-6-2-7-13-27)39-28-14-8-3-9-15-28/h1-19,28H,20-24H2,(H,33,36)(H,34,35);1-19,26H,20-22H2,(H2,31,32,33,34,35,36). The van der Waals surface area contributed by atoms with Crippen molar-refractivity contribution in [1.82, 2.24) is 25.9 Å². The maximum absolute atomic E-state index is 14.0. The zero-order chi connectivity index (χ0) is 55.8. The van der Waals surface area contributed by atoms with Crippen LogP contribution in [-0.4, -0.2) is 62.4 Å². The van der Waals surface area contributed by atoms with Gasteiger partial charge in [-0.3, -0.25) is 19.7 Å². The van der Waals surface area contributed by atoms with Crippen molar-refractivity contribution >= 4 is 38.9 Å². The number of benzene rings is 8. The summed E-state index contributed by atoms with van der Waals surface area (Å²) >= 11 is 0. The molecular formula is C62H60N6O10P2. The second-order valence-corrected chi connectivity index (χ2v) is 22.5. The van der Waals surface area contributed by atoms with E-state index < -0.39 is 33.0 Å². The molecule has 0 aliphatic carbocycles. The van der Waals surface area contributed by atoms with Gasteiger partial charge in [-0.25, -0.2) is 9.13 Å². The summed E-state index contributed by atoms with van der Waals surface area (Å²) in [6.07, 6.45) is 1.01. The van der Waals surface area contributed by atoms with E-state index in [1.807, 2.05) is 133 Å². The molecule has 1 aromatic heterocycles. The number of carboxylic acids is 1. The number of amides is 2. The molecule has 0 spiro atoms. The van der Waals surface area contributed by atoms with Crippen molar-refractivity contribution in [1.29, 1.82) is 0 Å². The van der Waals surface area contributed by atoms with Crippen LogP contribution in [0.4, 0.5) is 5.95 Å². The van der Waals surface area contributed by atoms with Gasteiger partial charge >= 0.3 is 21.2 Å². The van der Waals surface area contributed by atoms with Gasteiger partial charge in [-0.1, -0.05) is 187 Å². The third kappa shape index (κ3) is 18.3. The van der Waals surface area contributed by atoms with Crippen molar-refractivity contribution < 1.29 is 46.7 Å². The highest BCUT2D eigenvalue weighted by Gasteiger charge is 2.33. The number of hydrogen-bond donors (Lipinski definition) is 4. The average molecular weight is 1110 g/mol. The van der Waals surface area contributed by atoms with Crippen LogP contribution in [0.3, 0.4) is 0 Å². The molecule has 0 saturated heterocycles. The lowest BCUT2D eigenvalue weighted by molar-refractivity contribution is -0.137. The molecule has 80 heavy (non-hydrogen) atoms. The summed E-state index contributed by atoms with van der Waals surface area (Å²) in [7, 11) is -7.43. The molecule has 0 saturated carbocycles. The fourth-order valence-corrected chi connectivity index (χ4v) is 11.9. The number of rotatable bonds is 26. The molecule has 4 N–H and O–H groups in total. The molecule has 1 heterocycles. The quantitative estimate of drug-likeness (QED) is 0.0371. The highest BCUT2D eigenvalue weighted by molar-refractivity contribution is 7.55. The van der Waals surface area contributed by atoms with Crippen LogP contribution >= 0.6 is 15.2 Å². The van der Waals surface area contributed by atoms with Crippen LogP contribution in [0.25, 0.3) is 22.3 Å². The Morgan fingerprint density at radius 3 is 1.14 bits per heavy atom. The second-order valence-electron chi connectivity index (χ2n) is 18.5. The molecule has 2 atom stereocenters. The van der Waals surface area contributed by atoms with Crippen LogP contribution in [-0.2, 0) is 36.4 Å². The van der Waals surface area contributed by atoms with Gasteiger partial charge in [0, 0.05) is 18.4 Å². The lowest BCUT2D eigenvalue weighted by Crippen LogP contribution is -2.34. The van der Waals surface area contributed by atoms with Crippen LogP contribution in [0.2, 0.25) is 0 Å². The van der Waals surface area contributed by atoms with Gasteiger partial charge in [0.05, 0.1) is 18.7 Å². The first kappa shape index (κ1) is 57.1. The van der Waals surface area contributed by atoms with Gasteiger partial charge in [0.15, 0.2) is 0 Å². The number of H-pyrrole nitrogens is 1. The summed E-state index contributed by atoms with van der Waals surface area (Å²) < 4.78 is 51.6. The molecule has 408 valence electrons. The number of carbonyl (C=O) groups is 3. The summed E-state index contributed by atoms with van der Waals surface area (Å²) in [5, 5.41) is 27.9. The molecule has 0 radical (unpaired) electrons. The summed E-state index contributed by atoms with van der Waals surface area (Å²) in [5.41, 5.74) is 6.22. The highest BCUT2D eigenvalue weighted by atomic mass is 31.2. The van der Waals surface area contributed by atoms with Crippen molar-refractivity contribution in [2.24, 2.45) is 11.8 Å². The number of nitrogens with one attached hydrogen (secondary N) is 3. The molecule has 0 fully saturated rings. The lowest BCUT2D eigenvalue weighted by atomic mass is 9.94. The second kappa shape index (κ2) is 29.0. The molecule has 18 heteroatoms. The topological polar surface area (TPSA) is 221 Å². The van der Waals surface area contributed by atoms with Crippen molar-refractivity contribution in [3.05, 3.63) is 242 Å². The fourth-order valence-electron chi connectivity index (χ4n) is 8.43. The number of carboxylic acid groups (broad SMARTS) is 1. The molecule has 9 rings (SSSR count). The first-order valence-electron chi connectivity index (χ1n) is 26.0. The summed E-state index contributed by atoms with van der Waals surface area (Å²) in [6, 6.07) is 71.4. The number of tetrazole rings is 1. The molecule has 0 aliphatic heterocycles. The Kier molecular flexibility index (Phi) is 20.7. The Hall–Kier alpha value is -9.10. The summed E-state index contributed by atoms with van der Waals surface area (Å²) in [4.78, 5) is 37.5. The Morgan fingerprint density at radius 1 is 0.463 bits per heavy atom. The molecule has 16 nitrogen and oxygen atoms in total. The normalized spacial score (nSPS) is 11.8. The Balaban J connectivity index is 0.000000210. The van der Waals surface area contributed by atoms with E-state index in [1.165, 1.54) is 0 Å². The van der Waals surface area contributed by atoms with E-state index in [0.29, 0.717) is 35.8 Å². The van der Waals surface area contributed by atoms with E-state index in [4.69, 9.17) is 23.2 Å². The van der Waals surface area contributed by atoms with Gasteiger partial charge in [0.2, 0.25) is 11.8 Å². The van der Waals surface area contributed by atoms with E-state index in [2.05, 4.69) is 31.3 Å². The van der Waals surface area contributed by atoms with Crippen molar-refractivity contribution in [3.63, 3.8) is 0 Å². The van der Waals surface area contributed by atoms with Crippen molar-refractivity contribution in [2.75, 3.05) is 24.2 Å². The van der Waals surface area contributed by atoms with Crippen LogP contribution in [0, 0.1) is 11.8 Å². The van der Waals surface area contributed by atoms with Crippen LogP contribution in [0.1, 0.15) is 30.4 Å². The Labute approximate surface area is 464 Å². The first-order chi connectivity index (χ1) is 39.0. The maximum atomic E-state index is 14.0. The SMILES string of the molecule is O=C(Nc1nn[nH]n1)C(CCP(=O)(Oc1ccccc1)Oc1ccccc1)Cc1ccc(-c2ccccc2)cc1.O=C(O)CCNC(=O)C(CCP(=O)(Oc1ccccc1)Oc1ccccc1)Cc1ccc(-c2ccccc2)cc1. The number of hydrogen-bond acceptors (Lipinski definition) is 12. The number of carbonyl (C=O) groups excluding carboxylic acids is 2. The van der Waals surface area contributed by atoms with Gasteiger partial charge in [-0.15, -0.1) is 5.10 Å². The summed E-state index contributed by atoms with van der Waals surface area (Å²) in [6.45, 7) is 0.0102. The number of aliphatic carboxylic acids is 1. The minimum absolute atomic E-state index is 0.00319.